The molecule has 1 saturated carbocycles. The zero-order valence-electron chi connectivity index (χ0n) is 12.1. The van der Waals surface area contributed by atoms with Crippen molar-refractivity contribution in [1.29, 1.82) is 0 Å². The quantitative estimate of drug-likeness (QED) is 0.840. The summed E-state index contributed by atoms with van der Waals surface area (Å²) in [5, 5.41) is 4.06. The van der Waals surface area contributed by atoms with Crippen molar-refractivity contribution in [1.82, 2.24) is 4.98 Å². The number of nitrogen functional groups attached to an aromatic ring is 1. The van der Waals surface area contributed by atoms with Crippen molar-refractivity contribution in [2.75, 3.05) is 11.1 Å². The predicted octanol–water partition coefficient (Wildman–Crippen LogP) is 3.84. The fourth-order valence-corrected chi connectivity index (χ4v) is 3.63. The number of rotatable bonds is 4. The van der Waals surface area contributed by atoms with Crippen LogP contribution < -0.4 is 11.1 Å². The third-order valence-electron chi connectivity index (χ3n) is 3.90. The Hall–Kier alpha value is -1.95. The van der Waals surface area contributed by atoms with Gasteiger partial charge in [-0.2, -0.15) is 0 Å². The zero-order valence-corrected chi connectivity index (χ0v) is 13.0. The first kappa shape index (κ1) is 15.0. The number of anilines is 2. The van der Waals surface area contributed by atoms with Gasteiger partial charge in [-0.05, 0) is 37.1 Å². The number of carbonyl (C=O) groups is 1. The van der Waals surface area contributed by atoms with Gasteiger partial charge in [-0.25, -0.2) is 9.37 Å². The number of nitrogens with two attached hydrogens (primary N) is 1. The maximum absolute atomic E-state index is 12.9. The van der Waals surface area contributed by atoms with Crippen LogP contribution >= 0.6 is 11.3 Å². The Kier molecular flexibility index (Phi) is 4.38. The number of ketones is 1. The van der Waals surface area contributed by atoms with E-state index in [0.29, 0.717) is 21.6 Å². The Labute approximate surface area is 132 Å². The third-order valence-corrected chi connectivity index (χ3v) is 4.90. The van der Waals surface area contributed by atoms with Crippen LogP contribution in [0, 0.1) is 5.82 Å². The summed E-state index contributed by atoms with van der Waals surface area (Å²) in [4.78, 5) is 17.1. The first-order valence-electron chi connectivity index (χ1n) is 7.46. The van der Waals surface area contributed by atoms with Gasteiger partial charge in [-0.3, -0.25) is 4.79 Å². The van der Waals surface area contributed by atoms with E-state index in [-0.39, 0.29) is 17.4 Å². The molecule has 1 aliphatic rings. The monoisotopic (exact) mass is 319 g/mol. The van der Waals surface area contributed by atoms with E-state index in [9.17, 15) is 9.18 Å². The molecule has 1 heterocycles. The molecule has 0 amide bonds. The Morgan fingerprint density at radius 3 is 2.59 bits per heavy atom. The van der Waals surface area contributed by atoms with Gasteiger partial charge in [0.2, 0.25) is 5.78 Å². The highest BCUT2D eigenvalue weighted by Gasteiger charge is 2.20. The highest BCUT2D eigenvalue weighted by molar-refractivity contribution is 7.18. The molecule has 0 atom stereocenters. The fourth-order valence-electron chi connectivity index (χ4n) is 2.71. The van der Waals surface area contributed by atoms with E-state index in [1.165, 1.54) is 54.9 Å². The van der Waals surface area contributed by atoms with Gasteiger partial charge in [-0.15, -0.1) is 0 Å². The second kappa shape index (κ2) is 6.44. The van der Waals surface area contributed by atoms with E-state index in [1.807, 2.05) is 0 Å². The van der Waals surface area contributed by atoms with Gasteiger partial charge in [0.25, 0.3) is 0 Å². The van der Waals surface area contributed by atoms with Crippen LogP contribution in [0.5, 0.6) is 0 Å². The Morgan fingerprint density at radius 2 is 1.91 bits per heavy atom. The molecule has 0 spiro atoms. The SMILES string of the molecule is Nc1nc(NC2CCCCC2)sc1C(=O)c1ccc(F)cc1. The number of hydrogen-bond donors (Lipinski definition) is 2. The number of benzene rings is 1. The van der Waals surface area contributed by atoms with Crippen molar-refractivity contribution >= 4 is 28.1 Å². The predicted molar refractivity (Wildman–Crippen MR) is 86.9 cm³/mol. The van der Waals surface area contributed by atoms with Gasteiger partial charge >= 0.3 is 0 Å². The summed E-state index contributed by atoms with van der Waals surface area (Å²) in [6, 6.07) is 5.88. The van der Waals surface area contributed by atoms with Crippen LogP contribution in [0.1, 0.15) is 47.3 Å². The van der Waals surface area contributed by atoms with Crippen molar-refractivity contribution in [2.24, 2.45) is 0 Å². The summed E-state index contributed by atoms with van der Waals surface area (Å²) in [5.74, 6) is -0.349. The number of halogens is 1. The minimum atomic E-state index is -0.367. The first-order chi connectivity index (χ1) is 10.6. The standard InChI is InChI=1S/C16H18FN3OS/c17-11-8-6-10(7-9-11)13(21)14-15(18)20-16(22-14)19-12-4-2-1-3-5-12/h6-9,12H,1-5,18H2,(H,19,20). The van der Waals surface area contributed by atoms with E-state index in [2.05, 4.69) is 10.3 Å². The number of aromatic nitrogens is 1. The number of nitrogens with one attached hydrogen (secondary N) is 1. The van der Waals surface area contributed by atoms with Gasteiger partial charge in [0.15, 0.2) is 5.13 Å². The lowest BCUT2D eigenvalue weighted by Crippen LogP contribution is -2.22. The Morgan fingerprint density at radius 1 is 1.23 bits per heavy atom. The van der Waals surface area contributed by atoms with Crippen LogP contribution in [0.4, 0.5) is 15.3 Å². The van der Waals surface area contributed by atoms with Crippen molar-refractivity contribution in [2.45, 2.75) is 38.1 Å². The molecule has 0 aliphatic heterocycles. The van der Waals surface area contributed by atoms with Crippen LogP contribution in [0.25, 0.3) is 0 Å². The molecule has 2 aromatic rings. The molecule has 1 fully saturated rings. The maximum Gasteiger partial charge on any atom is 0.206 e. The molecule has 0 saturated heterocycles. The molecule has 1 aromatic carbocycles. The lowest BCUT2D eigenvalue weighted by Gasteiger charge is -2.22. The van der Waals surface area contributed by atoms with Crippen LogP contribution in [-0.4, -0.2) is 16.8 Å². The van der Waals surface area contributed by atoms with E-state index in [1.54, 1.807) is 0 Å². The van der Waals surface area contributed by atoms with Gasteiger partial charge in [0.05, 0.1) is 0 Å². The molecule has 4 nitrogen and oxygen atoms in total. The highest BCUT2D eigenvalue weighted by Crippen LogP contribution is 2.30. The minimum Gasteiger partial charge on any atom is -0.382 e. The Bertz CT molecular complexity index is 663. The minimum absolute atomic E-state index is 0.216. The molecule has 3 N–H and O–H groups in total. The van der Waals surface area contributed by atoms with Crippen LogP contribution in [0.2, 0.25) is 0 Å². The molecular formula is C16H18FN3OS. The van der Waals surface area contributed by atoms with E-state index >= 15 is 0 Å². The molecule has 0 unspecified atom stereocenters. The van der Waals surface area contributed by atoms with E-state index < -0.39 is 0 Å². The summed E-state index contributed by atoms with van der Waals surface area (Å²) >= 11 is 1.27. The number of thiazole rings is 1. The lowest BCUT2D eigenvalue weighted by molar-refractivity contribution is 0.104. The van der Waals surface area contributed by atoms with Crippen molar-refractivity contribution in [3.63, 3.8) is 0 Å². The molecular weight excluding hydrogens is 301 g/mol. The van der Waals surface area contributed by atoms with E-state index in [4.69, 9.17) is 5.73 Å². The van der Waals surface area contributed by atoms with Gasteiger partial charge < -0.3 is 11.1 Å². The zero-order chi connectivity index (χ0) is 15.5. The number of carbonyl (C=O) groups excluding carboxylic acids is 1. The van der Waals surface area contributed by atoms with Crippen molar-refractivity contribution in [3.8, 4) is 0 Å². The second-order valence-corrected chi connectivity index (χ2v) is 6.55. The lowest BCUT2D eigenvalue weighted by atomic mass is 9.96. The van der Waals surface area contributed by atoms with Crippen molar-refractivity contribution in [3.05, 3.63) is 40.5 Å². The first-order valence-corrected chi connectivity index (χ1v) is 8.28. The largest absolute Gasteiger partial charge is 0.382 e. The fraction of sp³-hybridized carbons (Fsp3) is 0.375. The van der Waals surface area contributed by atoms with Gasteiger partial charge in [0, 0.05) is 11.6 Å². The molecule has 6 heteroatoms. The molecule has 0 radical (unpaired) electrons. The van der Waals surface area contributed by atoms with Crippen LogP contribution in [-0.2, 0) is 0 Å². The average molecular weight is 319 g/mol. The Balaban J connectivity index is 1.76. The van der Waals surface area contributed by atoms with Crippen molar-refractivity contribution < 1.29 is 9.18 Å². The number of hydrogen-bond acceptors (Lipinski definition) is 5. The molecule has 3 rings (SSSR count). The second-order valence-electron chi connectivity index (χ2n) is 5.55. The summed E-state index contributed by atoms with van der Waals surface area (Å²) in [6.07, 6.45) is 5.98. The summed E-state index contributed by atoms with van der Waals surface area (Å²) < 4.78 is 12.9. The maximum atomic E-state index is 12.9. The summed E-state index contributed by atoms with van der Waals surface area (Å²) in [6.45, 7) is 0. The van der Waals surface area contributed by atoms with Gasteiger partial charge in [0.1, 0.15) is 16.5 Å². The molecule has 1 aliphatic carbocycles. The normalized spacial score (nSPS) is 15.7. The number of nitrogens with zero attached hydrogens (tertiary/aromatic N) is 1. The molecule has 0 bridgehead atoms. The topological polar surface area (TPSA) is 68.0 Å². The highest BCUT2D eigenvalue weighted by atomic mass is 32.1. The molecule has 1 aromatic heterocycles. The summed E-state index contributed by atoms with van der Waals surface area (Å²) in [5.41, 5.74) is 6.30. The third kappa shape index (κ3) is 3.27. The summed E-state index contributed by atoms with van der Waals surface area (Å²) in [7, 11) is 0. The smallest absolute Gasteiger partial charge is 0.206 e. The van der Waals surface area contributed by atoms with Crippen LogP contribution in [0.3, 0.4) is 0 Å². The molecule has 116 valence electrons. The average Bonchev–Trinajstić information content (AvgIpc) is 2.89. The van der Waals surface area contributed by atoms with Crippen LogP contribution in [0.15, 0.2) is 24.3 Å². The van der Waals surface area contributed by atoms with E-state index in [0.717, 1.165) is 12.8 Å². The molecule has 22 heavy (non-hydrogen) atoms. The van der Waals surface area contributed by atoms with Gasteiger partial charge in [-0.1, -0.05) is 30.6 Å².